The Kier molecular flexibility index (Phi) is 17.5. The first-order valence-corrected chi connectivity index (χ1v) is 40.4. The van der Waals surface area contributed by atoms with Gasteiger partial charge in [0.1, 0.15) is 49.0 Å². The highest BCUT2D eigenvalue weighted by Crippen LogP contribution is 2.42. The van der Waals surface area contributed by atoms with Crippen molar-refractivity contribution < 1.29 is 39.4 Å². The smallest absolute Gasteiger partial charge is 0.227 e. The standard InChI is InChI=1S/2C26H23N2O.2C26H23N2S/c1-16-8-5-6-9-19(16)24-14-23(17(2)15-28(24)4)21-11-7-10-20-22-13-12-18(3)27-26(22)29-25(20)21;2*1-16-7-5-6-8-20(16)24-14-23(17(2)15-28(24)4)19-10-12-21-22-11-9-18(3)27-26(22)29-25(21)13-19;1-16-9-10-20-21-11-12-23(27-26(21)29-25(20)13-16)22-14-24(28(4)15-18(22)3)19-8-6-5-7-17(19)2/h4*5-15H,1-4H3/q4*+1/i2D3;;2D3;3D3. The van der Waals surface area contributed by atoms with Gasteiger partial charge in [0, 0.05) is 167 Å². The van der Waals surface area contributed by atoms with E-state index >= 15 is 0 Å². The first-order valence-electron chi connectivity index (χ1n) is 43.3. The van der Waals surface area contributed by atoms with Crippen LogP contribution < -0.4 is 18.3 Å². The molecule has 0 N–H and O–H groups in total. The van der Waals surface area contributed by atoms with E-state index in [9.17, 15) is 0 Å². The van der Waals surface area contributed by atoms with E-state index < -0.39 is 20.6 Å². The molecule has 12 heterocycles. The highest BCUT2D eigenvalue weighted by atomic mass is 32.1. The summed E-state index contributed by atoms with van der Waals surface area (Å²) in [6.45, 7) is 11.8. The number of thiophene rings is 2. The molecule has 0 spiro atoms. The zero-order chi connectivity index (χ0) is 88.0. The Balaban J connectivity index is 0.000000118. The Hall–Kier alpha value is -13.0. The van der Waals surface area contributed by atoms with E-state index in [1.54, 1.807) is 41.3 Å². The molecule has 116 heavy (non-hydrogen) atoms. The van der Waals surface area contributed by atoms with Gasteiger partial charge in [-0.1, -0.05) is 121 Å². The summed E-state index contributed by atoms with van der Waals surface area (Å²) >= 11 is 3.29. The fourth-order valence-electron chi connectivity index (χ4n) is 16.0. The highest BCUT2D eigenvalue weighted by Gasteiger charge is 2.25. The summed E-state index contributed by atoms with van der Waals surface area (Å²) in [4.78, 5) is 20.6. The molecule has 0 unspecified atom stereocenters. The maximum atomic E-state index is 8.20. The van der Waals surface area contributed by atoms with Crippen LogP contribution in [-0.2, 0) is 28.2 Å². The first-order chi connectivity index (χ1) is 59.7. The molecule has 0 aliphatic carbocycles. The van der Waals surface area contributed by atoms with Crippen LogP contribution in [0.5, 0.6) is 0 Å². The van der Waals surface area contributed by atoms with Crippen LogP contribution >= 0.6 is 22.7 Å². The molecule has 12 heteroatoms. The molecule has 8 aromatic carbocycles. The van der Waals surface area contributed by atoms with Gasteiger partial charge in [-0.3, -0.25) is 0 Å². The van der Waals surface area contributed by atoms with Crippen molar-refractivity contribution in [2.75, 3.05) is 0 Å². The van der Waals surface area contributed by atoms with Gasteiger partial charge >= 0.3 is 0 Å². The average Bonchev–Trinajstić information content (AvgIpc) is 1.69. The summed E-state index contributed by atoms with van der Waals surface area (Å²) < 4.78 is 96.0. The van der Waals surface area contributed by atoms with Crippen molar-refractivity contribution in [3.05, 3.63) is 335 Å². The molecule has 20 aromatic rings. The topological polar surface area (TPSA) is 93.4 Å². The second-order valence-corrected chi connectivity index (χ2v) is 32.5. The summed E-state index contributed by atoms with van der Waals surface area (Å²) in [7, 11) is 7.79. The summed E-state index contributed by atoms with van der Waals surface area (Å²) in [5, 5.41) is 8.59. The summed E-state index contributed by atoms with van der Waals surface area (Å²) in [5.41, 5.74) is 29.0. The molecule has 0 bridgehead atoms. The van der Waals surface area contributed by atoms with E-state index in [2.05, 4.69) is 208 Å². The average molecular weight is 1560 g/mol. The molecule has 0 fully saturated rings. The lowest BCUT2D eigenvalue weighted by Crippen LogP contribution is -2.31. The van der Waals surface area contributed by atoms with E-state index in [1.165, 1.54) is 43.6 Å². The molecule has 0 saturated carbocycles. The number of furan rings is 2. The number of benzene rings is 8. The maximum absolute atomic E-state index is 8.20. The van der Waals surface area contributed by atoms with Crippen molar-refractivity contribution in [2.45, 2.75) is 82.9 Å². The monoisotopic (exact) mass is 1560 g/mol. The molecule has 568 valence electrons. The minimum atomic E-state index is -2.28. The number of rotatable bonds is 8. The van der Waals surface area contributed by atoms with Gasteiger partial charge in [-0.15, -0.1) is 22.7 Å². The van der Waals surface area contributed by atoms with Crippen molar-refractivity contribution in [1.29, 1.82) is 0 Å². The van der Waals surface area contributed by atoms with Gasteiger partial charge in [-0.2, -0.15) is 0 Å². The lowest BCUT2D eigenvalue weighted by atomic mass is 9.96. The van der Waals surface area contributed by atoms with E-state index in [1.807, 2.05) is 165 Å². The Morgan fingerprint density at radius 3 is 1.22 bits per heavy atom. The van der Waals surface area contributed by atoms with Gasteiger partial charge in [0.15, 0.2) is 24.8 Å². The Labute approximate surface area is 697 Å². The summed E-state index contributed by atoms with van der Waals surface area (Å²) in [6, 6.07) is 82.3. The van der Waals surface area contributed by atoms with Crippen LogP contribution in [0.15, 0.2) is 276 Å². The third kappa shape index (κ3) is 14.5. The molecule has 20 rings (SSSR count). The molecular formula is C104H92N8O2S2+4. The maximum Gasteiger partial charge on any atom is 0.227 e. The largest absolute Gasteiger partial charge is 0.438 e. The van der Waals surface area contributed by atoms with Crippen LogP contribution in [0.2, 0.25) is 0 Å². The van der Waals surface area contributed by atoms with Crippen LogP contribution in [0.3, 0.4) is 0 Å². The van der Waals surface area contributed by atoms with Crippen molar-refractivity contribution in [1.82, 2.24) is 19.9 Å². The van der Waals surface area contributed by atoms with Gasteiger partial charge in [0.05, 0.1) is 5.69 Å². The first kappa shape index (κ1) is 65.4. The molecule has 0 aliphatic rings. The third-order valence-electron chi connectivity index (χ3n) is 22.1. The number of para-hydroxylation sites is 1. The number of hydrogen-bond donors (Lipinski definition) is 0. The van der Waals surface area contributed by atoms with Crippen molar-refractivity contribution >= 4 is 107 Å². The fraction of sp³-hybridized carbons (Fsp3) is 0.154. The van der Waals surface area contributed by atoms with Gasteiger partial charge in [0.2, 0.25) is 34.2 Å². The summed E-state index contributed by atoms with van der Waals surface area (Å²) in [5.74, 6) is 0. The summed E-state index contributed by atoms with van der Waals surface area (Å²) in [6.07, 6.45) is 7.40. The second kappa shape index (κ2) is 31.1. The highest BCUT2D eigenvalue weighted by molar-refractivity contribution is 7.25. The number of hydrogen-bond acceptors (Lipinski definition) is 8. The zero-order valence-electron chi connectivity index (χ0n) is 76.1. The number of pyridine rings is 8. The van der Waals surface area contributed by atoms with Gasteiger partial charge in [0.25, 0.3) is 0 Å². The Bertz CT molecular complexity index is 7480. The van der Waals surface area contributed by atoms with Crippen LogP contribution in [0.4, 0.5) is 0 Å². The molecule has 0 atom stereocenters. The molecule has 0 radical (unpaired) electrons. The minimum absolute atomic E-state index is 0.287. The predicted octanol–water partition coefficient (Wildman–Crippen LogP) is 25.2. The number of fused-ring (bicyclic) bond motifs is 12. The molecule has 0 amide bonds. The fourth-order valence-corrected chi connectivity index (χ4v) is 18.3. The van der Waals surface area contributed by atoms with E-state index in [0.717, 1.165) is 147 Å². The van der Waals surface area contributed by atoms with Gasteiger partial charge in [-0.25, -0.2) is 38.2 Å². The van der Waals surface area contributed by atoms with Crippen LogP contribution in [-0.4, -0.2) is 19.9 Å². The lowest BCUT2D eigenvalue weighted by molar-refractivity contribution is -0.660. The van der Waals surface area contributed by atoms with E-state index in [4.69, 9.17) is 26.2 Å². The molecule has 12 aromatic heterocycles. The van der Waals surface area contributed by atoms with Crippen LogP contribution in [0.1, 0.15) is 79.5 Å². The molecule has 0 aliphatic heterocycles. The van der Waals surface area contributed by atoms with Crippen LogP contribution in [0, 0.1) is 82.9 Å². The molecular weight excluding hydrogens is 1460 g/mol. The van der Waals surface area contributed by atoms with Crippen molar-refractivity contribution in [3.63, 3.8) is 0 Å². The number of aryl methyl sites for hydroxylation is 16. The van der Waals surface area contributed by atoms with Gasteiger partial charge in [-0.05, 0) is 230 Å². The number of aromatic nitrogens is 8. The third-order valence-corrected chi connectivity index (χ3v) is 24.2. The van der Waals surface area contributed by atoms with Crippen LogP contribution in [0.25, 0.3) is 174 Å². The molecule has 10 nitrogen and oxygen atoms in total. The number of nitrogens with zero attached hydrogens (tertiary/aromatic N) is 8. The van der Waals surface area contributed by atoms with Gasteiger partial charge < -0.3 is 8.83 Å². The Morgan fingerprint density at radius 1 is 0.284 bits per heavy atom. The zero-order valence-corrected chi connectivity index (χ0v) is 68.7. The Morgan fingerprint density at radius 2 is 0.681 bits per heavy atom. The van der Waals surface area contributed by atoms with Crippen molar-refractivity contribution in [2.24, 2.45) is 28.2 Å². The predicted molar refractivity (Wildman–Crippen MR) is 482 cm³/mol. The second-order valence-electron chi connectivity index (χ2n) is 30.4. The minimum Gasteiger partial charge on any atom is -0.438 e. The van der Waals surface area contributed by atoms with E-state index in [0.29, 0.717) is 45.0 Å². The SMILES string of the molecule is Cc1ccc2c(n1)oc1cc(-c3cc(-c4ccccc4C)[n+](C)cc3C)ccc12.[2H]C([2H])([2H])c1c[n+](C)c(-c2ccccc2C)cc1-c1ccc2c(c1)sc1nc(C)ccc12.[2H]C([2H])([2H])c1c[n+](C)c(-c2ccccc2C)cc1-c1ccc2c(n1)sc1cc(C)ccc12.[2H]C([2H])([2H])c1c[n+](C)c(-c2ccccc2C)cc1-c1cccc2c1oc1nc(C)ccc12. The normalized spacial score (nSPS) is 12.9. The quantitative estimate of drug-likeness (QED) is 0.141. The van der Waals surface area contributed by atoms with Crippen molar-refractivity contribution in [3.8, 4) is 89.7 Å². The van der Waals surface area contributed by atoms with E-state index in [-0.39, 0.29) is 5.56 Å². The molecule has 0 saturated heterocycles. The lowest BCUT2D eigenvalue weighted by Gasteiger charge is -2.10.